The fraction of sp³-hybridized carbons (Fsp3) is 0.167. The lowest BCUT2D eigenvalue weighted by Crippen LogP contribution is -2.25. The number of Topliss-reactive ketones (excluding diaryl/α,β-unsaturated/α-hetero) is 1. The van der Waals surface area contributed by atoms with Gasteiger partial charge in [0.25, 0.3) is 5.56 Å². The zero-order valence-electron chi connectivity index (χ0n) is 14.9. The first-order chi connectivity index (χ1) is 14.0. The molecule has 4 aromatic rings. The van der Waals surface area contributed by atoms with Gasteiger partial charge in [0.05, 0.1) is 28.4 Å². The van der Waals surface area contributed by atoms with Gasteiger partial charge >= 0.3 is 0 Å². The van der Waals surface area contributed by atoms with Gasteiger partial charge in [-0.1, -0.05) is 16.8 Å². The number of aromatic nitrogens is 5. The average Bonchev–Trinajstić information content (AvgIpc) is 3.30. The molecule has 0 saturated heterocycles. The Hall–Kier alpha value is -3.11. The first-order valence-electron chi connectivity index (χ1n) is 8.52. The summed E-state index contributed by atoms with van der Waals surface area (Å²) >= 11 is 7.08. The number of fused-ring (bicyclic) bond motifs is 1. The molecule has 0 atom stereocenters. The second-order valence-corrected chi connectivity index (χ2v) is 7.55. The van der Waals surface area contributed by atoms with Crippen molar-refractivity contribution in [2.45, 2.75) is 13.0 Å². The van der Waals surface area contributed by atoms with Gasteiger partial charge < -0.3 is 5.73 Å². The van der Waals surface area contributed by atoms with Crippen LogP contribution in [0.3, 0.4) is 0 Å². The molecule has 0 aliphatic heterocycles. The minimum Gasteiger partial charge on any atom is -0.390 e. The Bertz CT molecular complexity index is 1260. The molecule has 2 N–H and O–H groups in total. The van der Waals surface area contributed by atoms with Crippen LogP contribution in [0.5, 0.6) is 0 Å². The van der Waals surface area contributed by atoms with Gasteiger partial charge in [0.1, 0.15) is 12.2 Å². The van der Waals surface area contributed by atoms with Gasteiger partial charge in [-0.2, -0.15) is 9.78 Å². The van der Waals surface area contributed by atoms with Gasteiger partial charge in [0.15, 0.2) is 0 Å². The summed E-state index contributed by atoms with van der Waals surface area (Å²) in [6, 6.07) is 6.49. The van der Waals surface area contributed by atoms with E-state index < -0.39 is 12.2 Å². The van der Waals surface area contributed by atoms with Crippen LogP contribution in [-0.4, -0.2) is 37.2 Å². The van der Waals surface area contributed by atoms with Crippen molar-refractivity contribution in [3.05, 3.63) is 62.6 Å². The third-order valence-electron chi connectivity index (χ3n) is 4.26. The van der Waals surface area contributed by atoms with Crippen molar-refractivity contribution in [3.8, 4) is 5.69 Å². The zero-order valence-corrected chi connectivity index (χ0v) is 16.5. The number of nitrogens with two attached hydrogens (primary N) is 1. The van der Waals surface area contributed by atoms with E-state index in [9.17, 15) is 14.0 Å². The Labute approximate surface area is 172 Å². The van der Waals surface area contributed by atoms with Gasteiger partial charge in [0, 0.05) is 28.4 Å². The van der Waals surface area contributed by atoms with E-state index in [0.717, 1.165) is 16.0 Å². The highest BCUT2D eigenvalue weighted by molar-refractivity contribution is 7.15. The predicted molar refractivity (Wildman–Crippen MR) is 109 cm³/mol. The average molecular weight is 433 g/mol. The van der Waals surface area contributed by atoms with Gasteiger partial charge in [-0.3, -0.25) is 14.0 Å². The molecule has 0 saturated carbocycles. The monoisotopic (exact) mass is 432 g/mol. The number of nitrogens with zero attached hydrogens (tertiary/aromatic N) is 5. The van der Waals surface area contributed by atoms with Gasteiger partial charge in [-0.25, -0.2) is 4.68 Å². The predicted octanol–water partition coefficient (Wildman–Crippen LogP) is 2.67. The summed E-state index contributed by atoms with van der Waals surface area (Å²) in [4.78, 5) is 25.9. The number of carbonyl (C=O) groups is 1. The van der Waals surface area contributed by atoms with E-state index in [4.69, 9.17) is 17.3 Å². The highest BCUT2D eigenvalue weighted by Gasteiger charge is 2.21. The lowest BCUT2D eigenvalue weighted by molar-refractivity contribution is 0.0962. The van der Waals surface area contributed by atoms with Crippen molar-refractivity contribution < 1.29 is 9.18 Å². The Kier molecular flexibility index (Phi) is 5.12. The minimum absolute atomic E-state index is 0.0880. The Morgan fingerprint density at radius 1 is 1.28 bits per heavy atom. The summed E-state index contributed by atoms with van der Waals surface area (Å²) in [5, 5.41) is 15.0. The van der Waals surface area contributed by atoms with E-state index in [1.807, 2.05) is 0 Å². The van der Waals surface area contributed by atoms with Crippen LogP contribution in [0.4, 0.5) is 9.39 Å². The van der Waals surface area contributed by atoms with E-state index in [1.165, 1.54) is 10.9 Å². The number of ketones is 1. The third kappa shape index (κ3) is 3.64. The number of halogens is 2. The Morgan fingerprint density at radius 3 is 2.76 bits per heavy atom. The molecular formula is C18H14ClFN6O2S. The standard InChI is InChI=1S/C18H14ClFN6O2S/c19-10-1-3-12(4-2-10)26-18(28)15-13(9-29-17(15)21)16(23-26)14(27)8-25-7-11(5-6-20)22-24-25/h1-4,7,9H,5-6,8,21H2. The molecule has 8 nitrogen and oxygen atoms in total. The van der Waals surface area contributed by atoms with Crippen molar-refractivity contribution >= 4 is 44.5 Å². The molecule has 0 fully saturated rings. The number of anilines is 1. The number of carbonyl (C=O) groups excluding carboxylic acids is 1. The summed E-state index contributed by atoms with van der Waals surface area (Å²) in [5.41, 5.74) is 6.55. The molecule has 0 spiro atoms. The topological polar surface area (TPSA) is 109 Å². The minimum atomic E-state index is -0.560. The lowest BCUT2D eigenvalue weighted by Gasteiger charge is -2.09. The summed E-state index contributed by atoms with van der Waals surface area (Å²) in [6.07, 6.45) is 1.63. The Balaban J connectivity index is 1.80. The molecular weight excluding hydrogens is 419 g/mol. The van der Waals surface area contributed by atoms with E-state index in [-0.39, 0.29) is 29.8 Å². The summed E-state index contributed by atoms with van der Waals surface area (Å²) in [7, 11) is 0. The number of aryl methyl sites for hydroxylation is 1. The maximum atomic E-state index is 13.0. The number of hydrogen-bond donors (Lipinski definition) is 1. The lowest BCUT2D eigenvalue weighted by atomic mass is 10.1. The molecule has 148 valence electrons. The van der Waals surface area contributed by atoms with Crippen molar-refractivity contribution in [1.82, 2.24) is 24.8 Å². The number of alkyl halides is 1. The van der Waals surface area contributed by atoms with Crippen LogP contribution in [0.25, 0.3) is 16.5 Å². The zero-order chi connectivity index (χ0) is 20.5. The molecule has 1 aromatic carbocycles. The van der Waals surface area contributed by atoms with Crippen LogP contribution in [0.1, 0.15) is 16.2 Å². The molecule has 4 rings (SSSR count). The van der Waals surface area contributed by atoms with E-state index in [1.54, 1.807) is 29.6 Å². The molecule has 29 heavy (non-hydrogen) atoms. The largest absolute Gasteiger partial charge is 0.390 e. The summed E-state index contributed by atoms with van der Waals surface area (Å²) in [6.45, 7) is -0.717. The van der Waals surface area contributed by atoms with Crippen molar-refractivity contribution in [1.29, 1.82) is 0 Å². The van der Waals surface area contributed by atoms with E-state index >= 15 is 0 Å². The smallest absolute Gasteiger partial charge is 0.282 e. The number of nitrogen functional groups attached to an aromatic ring is 1. The van der Waals surface area contributed by atoms with Crippen LogP contribution in [0.2, 0.25) is 5.02 Å². The molecule has 3 heterocycles. The van der Waals surface area contributed by atoms with E-state index in [0.29, 0.717) is 26.8 Å². The molecule has 0 radical (unpaired) electrons. The first kappa shape index (κ1) is 19.2. The van der Waals surface area contributed by atoms with Crippen LogP contribution in [-0.2, 0) is 13.0 Å². The number of hydrogen-bond acceptors (Lipinski definition) is 7. The van der Waals surface area contributed by atoms with Crippen LogP contribution >= 0.6 is 22.9 Å². The molecule has 0 aliphatic rings. The second kappa shape index (κ2) is 7.72. The SMILES string of the molecule is Nc1scc2c(C(=O)Cn3cc(CCF)nn3)nn(-c3ccc(Cl)cc3)c(=O)c12. The van der Waals surface area contributed by atoms with Crippen molar-refractivity contribution in [2.75, 3.05) is 12.4 Å². The van der Waals surface area contributed by atoms with Gasteiger partial charge in [-0.15, -0.1) is 16.4 Å². The van der Waals surface area contributed by atoms with Gasteiger partial charge in [0.2, 0.25) is 5.78 Å². The maximum Gasteiger partial charge on any atom is 0.282 e. The van der Waals surface area contributed by atoms with Crippen molar-refractivity contribution in [3.63, 3.8) is 0 Å². The first-order valence-corrected chi connectivity index (χ1v) is 9.78. The molecule has 0 amide bonds. The molecule has 11 heteroatoms. The van der Waals surface area contributed by atoms with Crippen LogP contribution < -0.4 is 11.3 Å². The second-order valence-electron chi connectivity index (χ2n) is 6.20. The molecule has 0 bridgehead atoms. The van der Waals surface area contributed by atoms with Crippen LogP contribution in [0.15, 0.2) is 40.6 Å². The van der Waals surface area contributed by atoms with E-state index in [2.05, 4.69) is 15.4 Å². The molecule has 3 aromatic heterocycles. The van der Waals surface area contributed by atoms with Crippen LogP contribution in [0, 0.1) is 0 Å². The summed E-state index contributed by atoms with van der Waals surface area (Å²) < 4.78 is 14.9. The Morgan fingerprint density at radius 2 is 2.03 bits per heavy atom. The quantitative estimate of drug-likeness (QED) is 0.469. The maximum absolute atomic E-state index is 13.0. The highest BCUT2D eigenvalue weighted by Crippen LogP contribution is 2.28. The fourth-order valence-electron chi connectivity index (χ4n) is 2.89. The number of thiophene rings is 1. The highest BCUT2D eigenvalue weighted by atomic mass is 35.5. The molecule has 0 aliphatic carbocycles. The number of rotatable bonds is 6. The van der Waals surface area contributed by atoms with Gasteiger partial charge in [-0.05, 0) is 24.3 Å². The molecule has 0 unspecified atom stereocenters. The fourth-order valence-corrected chi connectivity index (χ4v) is 3.80. The normalized spacial score (nSPS) is 11.2. The number of benzene rings is 1. The van der Waals surface area contributed by atoms with Crippen molar-refractivity contribution in [2.24, 2.45) is 0 Å². The summed E-state index contributed by atoms with van der Waals surface area (Å²) in [5.74, 6) is -0.382. The third-order valence-corrected chi connectivity index (χ3v) is 5.32.